The third-order valence-corrected chi connectivity index (χ3v) is 4.02. The third-order valence-electron chi connectivity index (χ3n) is 4.02. The van der Waals surface area contributed by atoms with Crippen molar-refractivity contribution in [3.05, 3.63) is 35.5 Å². The Kier molecular flexibility index (Phi) is 4.04. The average molecular weight is 285 g/mol. The SMILES string of the molecule is COc1ccccc1/C=C1\N=C(C2CCCCC2)OC1=O. The number of hydrogen-bond donors (Lipinski definition) is 0. The maximum atomic E-state index is 12.0. The zero-order valence-electron chi connectivity index (χ0n) is 12.2. The zero-order valence-corrected chi connectivity index (χ0v) is 12.2. The number of benzene rings is 1. The molecule has 0 bridgehead atoms. The van der Waals surface area contributed by atoms with Crippen molar-refractivity contribution >= 4 is 17.9 Å². The molecule has 4 heteroatoms. The minimum absolute atomic E-state index is 0.297. The molecule has 0 radical (unpaired) electrons. The first kappa shape index (κ1) is 13.9. The first-order valence-electron chi connectivity index (χ1n) is 7.43. The van der Waals surface area contributed by atoms with E-state index < -0.39 is 0 Å². The molecule has 0 amide bonds. The summed E-state index contributed by atoms with van der Waals surface area (Å²) in [7, 11) is 1.61. The highest BCUT2D eigenvalue weighted by Gasteiger charge is 2.30. The smallest absolute Gasteiger partial charge is 0.363 e. The number of carbonyl (C=O) groups is 1. The predicted molar refractivity (Wildman–Crippen MR) is 81.1 cm³/mol. The van der Waals surface area contributed by atoms with Crippen LogP contribution < -0.4 is 4.74 Å². The molecule has 0 N–H and O–H groups in total. The lowest BCUT2D eigenvalue weighted by Gasteiger charge is -2.19. The lowest BCUT2D eigenvalue weighted by atomic mass is 9.89. The van der Waals surface area contributed by atoms with Gasteiger partial charge in [0, 0.05) is 11.5 Å². The summed E-state index contributed by atoms with van der Waals surface area (Å²) in [6.45, 7) is 0. The van der Waals surface area contributed by atoms with Gasteiger partial charge < -0.3 is 9.47 Å². The molecule has 110 valence electrons. The molecule has 21 heavy (non-hydrogen) atoms. The lowest BCUT2D eigenvalue weighted by molar-refractivity contribution is -0.130. The Hall–Kier alpha value is -2.10. The minimum atomic E-state index is -0.360. The van der Waals surface area contributed by atoms with Crippen LogP contribution in [-0.2, 0) is 9.53 Å². The third kappa shape index (κ3) is 2.99. The van der Waals surface area contributed by atoms with E-state index in [2.05, 4.69) is 4.99 Å². The van der Waals surface area contributed by atoms with Crippen LogP contribution in [0.3, 0.4) is 0 Å². The van der Waals surface area contributed by atoms with Crippen molar-refractivity contribution in [2.24, 2.45) is 10.9 Å². The lowest BCUT2D eigenvalue weighted by Crippen LogP contribution is -2.19. The molecular weight excluding hydrogens is 266 g/mol. The number of aliphatic imine (C=N–C) groups is 1. The Morgan fingerprint density at radius 3 is 2.76 bits per heavy atom. The van der Waals surface area contributed by atoms with Gasteiger partial charge in [-0.15, -0.1) is 0 Å². The summed E-state index contributed by atoms with van der Waals surface area (Å²) in [5, 5.41) is 0. The van der Waals surface area contributed by atoms with Crippen molar-refractivity contribution in [2.45, 2.75) is 32.1 Å². The van der Waals surface area contributed by atoms with Gasteiger partial charge in [-0.2, -0.15) is 0 Å². The maximum absolute atomic E-state index is 12.0. The van der Waals surface area contributed by atoms with E-state index in [4.69, 9.17) is 9.47 Å². The number of ether oxygens (including phenoxy) is 2. The quantitative estimate of drug-likeness (QED) is 0.630. The molecule has 2 aliphatic rings. The largest absolute Gasteiger partial charge is 0.496 e. The standard InChI is InChI=1S/C17H19NO3/c1-20-15-10-6-5-9-13(15)11-14-17(19)21-16(18-14)12-7-3-2-4-8-12/h5-6,9-12H,2-4,7-8H2,1H3/b14-11-. The van der Waals surface area contributed by atoms with Gasteiger partial charge in [0.2, 0.25) is 5.90 Å². The Morgan fingerprint density at radius 1 is 1.24 bits per heavy atom. The maximum Gasteiger partial charge on any atom is 0.363 e. The topological polar surface area (TPSA) is 47.9 Å². The van der Waals surface area contributed by atoms with Gasteiger partial charge >= 0.3 is 5.97 Å². The van der Waals surface area contributed by atoms with Crippen molar-refractivity contribution in [1.82, 2.24) is 0 Å². The van der Waals surface area contributed by atoms with E-state index >= 15 is 0 Å². The number of rotatable bonds is 3. The Labute approximate surface area is 124 Å². The van der Waals surface area contributed by atoms with Crippen molar-refractivity contribution in [2.75, 3.05) is 7.11 Å². The number of methoxy groups -OCH3 is 1. The average Bonchev–Trinajstić information content (AvgIpc) is 2.90. The highest BCUT2D eigenvalue weighted by atomic mass is 16.6. The van der Waals surface area contributed by atoms with Crippen molar-refractivity contribution in [3.63, 3.8) is 0 Å². The van der Waals surface area contributed by atoms with Gasteiger partial charge in [-0.1, -0.05) is 37.5 Å². The van der Waals surface area contributed by atoms with Crippen LogP contribution in [0.25, 0.3) is 6.08 Å². The van der Waals surface area contributed by atoms with Crippen LogP contribution in [0.2, 0.25) is 0 Å². The van der Waals surface area contributed by atoms with Crippen LogP contribution >= 0.6 is 0 Å². The molecule has 0 atom stereocenters. The van der Waals surface area contributed by atoms with E-state index in [9.17, 15) is 4.79 Å². The molecule has 1 heterocycles. The molecule has 1 aromatic carbocycles. The van der Waals surface area contributed by atoms with E-state index in [1.54, 1.807) is 13.2 Å². The summed E-state index contributed by atoms with van der Waals surface area (Å²) in [6, 6.07) is 7.55. The zero-order chi connectivity index (χ0) is 14.7. The van der Waals surface area contributed by atoms with Gasteiger partial charge in [0.15, 0.2) is 5.70 Å². The van der Waals surface area contributed by atoms with Gasteiger partial charge in [-0.25, -0.2) is 9.79 Å². The van der Waals surface area contributed by atoms with Crippen molar-refractivity contribution in [3.8, 4) is 5.75 Å². The second-order valence-corrected chi connectivity index (χ2v) is 5.45. The second kappa shape index (κ2) is 6.12. The number of hydrogen-bond acceptors (Lipinski definition) is 4. The number of para-hydroxylation sites is 1. The molecule has 0 aromatic heterocycles. The molecule has 0 saturated heterocycles. The molecule has 1 saturated carbocycles. The molecule has 1 aliphatic heterocycles. The monoisotopic (exact) mass is 285 g/mol. The van der Waals surface area contributed by atoms with Gasteiger partial charge in [0.05, 0.1) is 7.11 Å². The fourth-order valence-corrected chi connectivity index (χ4v) is 2.88. The Bertz CT molecular complexity index is 598. The molecule has 1 aliphatic carbocycles. The van der Waals surface area contributed by atoms with Gasteiger partial charge in [0.25, 0.3) is 0 Å². The molecule has 1 fully saturated rings. The Balaban J connectivity index is 1.85. The molecule has 4 nitrogen and oxygen atoms in total. The van der Waals surface area contributed by atoms with Crippen molar-refractivity contribution < 1.29 is 14.3 Å². The van der Waals surface area contributed by atoms with Gasteiger partial charge in [0.1, 0.15) is 5.75 Å². The summed E-state index contributed by atoms with van der Waals surface area (Å²) in [6.07, 6.45) is 7.50. The van der Waals surface area contributed by atoms with Gasteiger partial charge in [-0.3, -0.25) is 0 Å². The van der Waals surface area contributed by atoms with Crippen molar-refractivity contribution in [1.29, 1.82) is 0 Å². The molecule has 0 unspecified atom stereocenters. The normalized spacial score (nSPS) is 21.3. The summed E-state index contributed by atoms with van der Waals surface area (Å²) in [5.74, 6) is 1.26. The number of cyclic esters (lactones) is 1. The highest BCUT2D eigenvalue weighted by Crippen LogP contribution is 2.30. The minimum Gasteiger partial charge on any atom is -0.496 e. The van der Waals surface area contributed by atoms with E-state index in [0.717, 1.165) is 24.2 Å². The van der Waals surface area contributed by atoms with Crippen LogP contribution in [0.5, 0.6) is 5.75 Å². The fourth-order valence-electron chi connectivity index (χ4n) is 2.88. The highest BCUT2D eigenvalue weighted by molar-refractivity contribution is 6.08. The van der Waals surface area contributed by atoms with E-state index in [1.807, 2.05) is 24.3 Å². The van der Waals surface area contributed by atoms with E-state index in [-0.39, 0.29) is 5.97 Å². The summed E-state index contributed by atoms with van der Waals surface area (Å²) in [5.41, 5.74) is 1.20. The molecule has 3 rings (SSSR count). The van der Waals surface area contributed by atoms with E-state index in [1.165, 1.54) is 19.3 Å². The van der Waals surface area contributed by atoms with Crippen LogP contribution in [0, 0.1) is 5.92 Å². The van der Waals surface area contributed by atoms with Crippen LogP contribution in [0.1, 0.15) is 37.7 Å². The Morgan fingerprint density at radius 2 is 2.00 bits per heavy atom. The van der Waals surface area contributed by atoms with Gasteiger partial charge in [-0.05, 0) is 25.0 Å². The van der Waals surface area contributed by atoms with Crippen LogP contribution in [0.4, 0.5) is 0 Å². The predicted octanol–water partition coefficient (Wildman–Crippen LogP) is 3.57. The molecule has 0 spiro atoms. The first-order chi connectivity index (χ1) is 10.3. The van der Waals surface area contributed by atoms with Crippen LogP contribution in [0.15, 0.2) is 35.0 Å². The van der Waals surface area contributed by atoms with E-state index in [0.29, 0.717) is 17.5 Å². The summed E-state index contributed by atoms with van der Waals surface area (Å²) >= 11 is 0. The van der Waals surface area contributed by atoms with Crippen LogP contribution in [-0.4, -0.2) is 19.0 Å². The second-order valence-electron chi connectivity index (χ2n) is 5.45. The number of nitrogens with zero attached hydrogens (tertiary/aromatic N) is 1. The summed E-state index contributed by atoms with van der Waals surface area (Å²) in [4.78, 5) is 16.4. The number of carbonyl (C=O) groups excluding carboxylic acids is 1. The fraction of sp³-hybridized carbons (Fsp3) is 0.412. The number of esters is 1. The first-order valence-corrected chi connectivity index (χ1v) is 7.43. The molecule has 1 aromatic rings. The molecular formula is C17H19NO3. The summed E-state index contributed by atoms with van der Waals surface area (Å²) < 4.78 is 10.6.